The molecule has 0 saturated carbocycles. The van der Waals surface area contributed by atoms with Crippen LogP contribution in [0.3, 0.4) is 0 Å². The van der Waals surface area contributed by atoms with Crippen LogP contribution in [-0.4, -0.2) is 11.9 Å². The summed E-state index contributed by atoms with van der Waals surface area (Å²) in [5.74, 6) is 0.424. The maximum atomic E-state index is 12.2. The monoisotopic (exact) mass is 437 g/mol. The number of nitrogens with zero attached hydrogens (tertiary/aromatic N) is 1. The van der Waals surface area contributed by atoms with E-state index in [1.54, 1.807) is 24.3 Å². The predicted molar refractivity (Wildman–Crippen MR) is 119 cm³/mol. The van der Waals surface area contributed by atoms with Gasteiger partial charge in [0.15, 0.2) is 5.70 Å². The van der Waals surface area contributed by atoms with Gasteiger partial charge in [0.2, 0.25) is 5.90 Å². The quantitative estimate of drug-likeness (QED) is 0.351. The standard InChI is InChI=1S/C24H17Cl2NO3/c1-15-4-2-3-5-18(15)14-29-19-9-6-16(7-10-19)12-22-24(28)30-23(27-22)17-8-11-20(25)21(26)13-17/h2-13H,14H2,1H3/b22-12-. The minimum atomic E-state index is -0.518. The van der Waals surface area contributed by atoms with Crippen LogP contribution in [0, 0.1) is 6.92 Å². The number of aliphatic imine (C=N–C) groups is 1. The van der Waals surface area contributed by atoms with Crippen LogP contribution >= 0.6 is 23.2 Å². The molecule has 1 aliphatic heterocycles. The topological polar surface area (TPSA) is 47.9 Å². The Morgan fingerprint density at radius 1 is 1.00 bits per heavy atom. The third-order valence-electron chi connectivity index (χ3n) is 4.63. The van der Waals surface area contributed by atoms with Crippen LogP contribution in [0.2, 0.25) is 10.0 Å². The first-order valence-electron chi connectivity index (χ1n) is 9.25. The maximum absolute atomic E-state index is 12.2. The number of esters is 1. The van der Waals surface area contributed by atoms with E-state index in [0.29, 0.717) is 22.2 Å². The highest BCUT2D eigenvalue weighted by Gasteiger charge is 2.24. The highest BCUT2D eigenvalue weighted by Crippen LogP contribution is 2.26. The van der Waals surface area contributed by atoms with Gasteiger partial charge in [-0.3, -0.25) is 0 Å². The van der Waals surface area contributed by atoms with Crippen molar-refractivity contribution in [3.63, 3.8) is 0 Å². The highest BCUT2D eigenvalue weighted by molar-refractivity contribution is 6.42. The zero-order valence-electron chi connectivity index (χ0n) is 16.1. The lowest BCUT2D eigenvalue weighted by Crippen LogP contribution is -2.05. The molecule has 3 aromatic carbocycles. The maximum Gasteiger partial charge on any atom is 0.363 e. The van der Waals surface area contributed by atoms with Gasteiger partial charge in [-0.1, -0.05) is 59.6 Å². The molecule has 0 amide bonds. The van der Waals surface area contributed by atoms with Gasteiger partial charge in [0.1, 0.15) is 12.4 Å². The molecule has 0 fully saturated rings. The molecule has 0 atom stereocenters. The summed E-state index contributed by atoms with van der Waals surface area (Å²) in [5.41, 5.74) is 3.94. The molecule has 3 aromatic rings. The molecule has 0 saturated heterocycles. The van der Waals surface area contributed by atoms with Crippen LogP contribution in [0.5, 0.6) is 5.75 Å². The Morgan fingerprint density at radius 3 is 2.50 bits per heavy atom. The number of rotatable bonds is 5. The number of cyclic esters (lactones) is 1. The number of hydrogen-bond acceptors (Lipinski definition) is 4. The van der Waals surface area contributed by atoms with Gasteiger partial charge < -0.3 is 9.47 Å². The van der Waals surface area contributed by atoms with Crippen molar-refractivity contribution in [2.45, 2.75) is 13.5 Å². The number of carbonyl (C=O) groups is 1. The van der Waals surface area contributed by atoms with Crippen molar-refractivity contribution < 1.29 is 14.3 Å². The van der Waals surface area contributed by atoms with E-state index in [4.69, 9.17) is 32.7 Å². The van der Waals surface area contributed by atoms with Gasteiger partial charge in [0.25, 0.3) is 0 Å². The highest BCUT2D eigenvalue weighted by atomic mass is 35.5. The normalized spacial score (nSPS) is 14.6. The molecule has 0 aromatic heterocycles. The van der Waals surface area contributed by atoms with E-state index in [1.807, 2.05) is 42.5 Å². The van der Waals surface area contributed by atoms with E-state index in [1.165, 1.54) is 5.56 Å². The van der Waals surface area contributed by atoms with Crippen molar-refractivity contribution in [1.29, 1.82) is 0 Å². The smallest absolute Gasteiger partial charge is 0.363 e. The van der Waals surface area contributed by atoms with Crippen LogP contribution < -0.4 is 4.74 Å². The summed E-state index contributed by atoms with van der Waals surface area (Å²) in [4.78, 5) is 16.5. The molecule has 0 N–H and O–H groups in total. The molecule has 0 unspecified atom stereocenters. The molecular weight excluding hydrogens is 421 g/mol. The SMILES string of the molecule is Cc1ccccc1COc1ccc(/C=C2\N=C(c3ccc(Cl)c(Cl)c3)OC2=O)cc1. The fourth-order valence-corrected chi connectivity index (χ4v) is 3.21. The van der Waals surface area contributed by atoms with Gasteiger partial charge in [-0.15, -0.1) is 0 Å². The number of carbonyl (C=O) groups excluding carboxylic acids is 1. The number of aryl methyl sites for hydroxylation is 1. The third kappa shape index (κ3) is 4.56. The van der Waals surface area contributed by atoms with E-state index < -0.39 is 5.97 Å². The van der Waals surface area contributed by atoms with Crippen molar-refractivity contribution in [3.8, 4) is 5.75 Å². The van der Waals surface area contributed by atoms with Gasteiger partial charge >= 0.3 is 5.97 Å². The average molecular weight is 438 g/mol. The lowest BCUT2D eigenvalue weighted by Gasteiger charge is -2.08. The molecule has 150 valence electrons. The summed E-state index contributed by atoms with van der Waals surface area (Å²) in [6.45, 7) is 2.55. The first-order chi connectivity index (χ1) is 14.5. The van der Waals surface area contributed by atoms with Crippen LogP contribution in [-0.2, 0) is 16.1 Å². The Hall–Kier alpha value is -3.08. The Morgan fingerprint density at radius 2 is 1.77 bits per heavy atom. The summed E-state index contributed by atoms with van der Waals surface area (Å²) >= 11 is 12.0. The summed E-state index contributed by atoms with van der Waals surface area (Å²) in [6.07, 6.45) is 1.66. The Labute approximate surface area is 184 Å². The Bertz CT molecular complexity index is 1170. The van der Waals surface area contributed by atoms with E-state index >= 15 is 0 Å². The largest absolute Gasteiger partial charge is 0.489 e. The molecule has 1 heterocycles. The summed E-state index contributed by atoms with van der Waals surface area (Å²) in [6, 6.07) is 20.5. The lowest BCUT2D eigenvalue weighted by atomic mass is 10.1. The van der Waals surface area contributed by atoms with E-state index in [2.05, 4.69) is 18.0 Å². The van der Waals surface area contributed by atoms with E-state index in [0.717, 1.165) is 16.9 Å². The summed E-state index contributed by atoms with van der Waals surface area (Å²) in [7, 11) is 0. The van der Waals surface area contributed by atoms with Crippen molar-refractivity contribution in [2.75, 3.05) is 0 Å². The van der Waals surface area contributed by atoms with Gasteiger partial charge in [-0.25, -0.2) is 9.79 Å². The fourth-order valence-electron chi connectivity index (χ4n) is 2.91. The fraction of sp³-hybridized carbons (Fsp3) is 0.0833. The van der Waals surface area contributed by atoms with Crippen molar-refractivity contribution in [2.24, 2.45) is 4.99 Å². The van der Waals surface area contributed by atoms with Gasteiger partial charge in [0.05, 0.1) is 10.0 Å². The first kappa shape index (κ1) is 20.2. The molecule has 0 spiro atoms. The van der Waals surface area contributed by atoms with Crippen LogP contribution in [0.25, 0.3) is 6.08 Å². The minimum absolute atomic E-state index is 0.197. The first-order valence-corrected chi connectivity index (χ1v) is 10.0. The predicted octanol–water partition coefficient (Wildman–Crippen LogP) is 6.23. The average Bonchev–Trinajstić information content (AvgIpc) is 3.11. The number of hydrogen-bond donors (Lipinski definition) is 0. The van der Waals surface area contributed by atoms with Crippen molar-refractivity contribution in [1.82, 2.24) is 0 Å². The molecule has 0 bridgehead atoms. The second-order valence-corrected chi connectivity index (χ2v) is 7.56. The molecular formula is C24H17Cl2NO3. The lowest BCUT2D eigenvalue weighted by molar-refractivity contribution is -0.129. The van der Waals surface area contributed by atoms with Gasteiger partial charge in [0, 0.05) is 5.56 Å². The Kier molecular flexibility index (Phi) is 5.88. The molecule has 6 heteroatoms. The summed E-state index contributed by atoms with van der Waals surface area (Å²) < 4.78 is 11.1. The van der Waals surface area contributed by atoms with Crippen LogP contribution in [0.4, 0.5) is 0 Å². The van der Waals surface area contributed by atoms with Gasteiger partial charge in [-0.2, -0.15) is 0 Å². The second kappa shape index (κ2) is 8.74. The molecule has 0 radical (unpaired) electrons. The van der Waals surface area contributed by atoms with Crippen molar-refractivity contribution in [3.05, 3.63) is 105 Å². The van der Waals surface area contributed by atoms with Gasteiger partial charge in [-0.05, 0) is 60.0 Å². The molecule has 0 aliphatic carbocycles. The molecule has 4 rings (SSSR count). The Balaban J connectivity index is 1.47. The molecule has 4 nitrogen and oxygen atoms in total. The zero-order chi connectivity index (χ0) is 21.1. The minimum Gasteiger partial charge on any atom is -0.489 e. The number of benzene rings is 3. The second-order valence-electron chi connectivity index (χ2n) is 6.75. The summed E-state index contributed by atoms with van der Waals surface area (Å²) in [5, 5.41) is 0.789. The molecule has 30 heavy (non-hydrogen) atoms. The third-order valence-corrected chi connectivity index (χ3v) is 5.37. The number of halogens is 2. The van der Waals surface area contributed by atoms with E-state index in [-0.39, 0.29) is 11.6 Å². The molecule has 1 aliphatic rings. The van der Waals surface area contributed by atoms with Crippen LogP contribution in [0.1, 0.15) is 22.3 Å². The zero-order valence-corrected chi connectivity index (χ0v) is 17.6. The number of ether oxygens (including phenoxy) is 2. The van der Waals surface area contributed by atoms with Crippen LogP contribution in [0.15, 0.2) is 77.4 Å². The van der Waals surface area contributed by atoms with E-state index in [9.17, 15) is 4.79 Å². The van der Waals surface area contributed by atoms with Crippen molar-refractivity contribution >= 4 is 41.1 Å².